The van der Waals surface area contributed by atoms with Gasteiger partial charge in [-0.15, -0.1) is 0 Å². The van der Waals surface area contributed by atoms with Crippen LogP contribution < -0.4 is 9.47 Å². The molecule has 4 nitrogen and oxygen atoms in total. The first kappa shape index (κ1) is 13.7. The maximum absolute atomic E-state index is 10.9. The van der Waals surface area contributed by atoms with E-state index in [0.717, 1.165) is 5.56 Å². The molecular formula is C12H18O4Si. The van der Waals surface area contributed by atoms with E-state index in [1.807, 2.05) is 19.2 Å². The minimum atomic E-state index is -2.15. The Bertz CT molecular complexity index is 409. The molecule has 0 saturated heterocycles. The van der Waals surface area contributed by atoms with Gasteiger partial charge in [-0.2, -0.15) is 0 Å². The van der Waals surface area contributed by atoms with Crippen molar-refractivity contribution in [2.24, 2.45) is 0 Å². The van der Waals surface area contributed by atoms with E-state index in [1.165, 1.54) is 14.0 Å². The van der Waals surface area contributed by atoms with Gasteiger partial charge < -0.3 is 14.3 Å². The lowest BCUT2D eigenvalue weighted by Gasteiger charge is -2.15. The van der Waals surface area contributed by atoms with Gasteiger partial charge in [-0.3, -0.25) is 4.79 Å². The van der Waals surface area contributed by atoms with Crippen LogP contribution in [0.3, 0.4) is 0 Å². The fraction of sp³-hybridized carbons (Fsp3) is 0.417. The molecule has 0 unspecified atom stereocenters. The molecule has 94 valence electrons. The van der Waals surface area contributed by atoms with E-state index in [0.29, 0.717) is 17.5 Å². The third-order valence-corrected chi connectivity index (χ3v) is 3.39. The number of methoxy groups -OCH3 is 1. The van der Waals surface area contributed by atoms with Crippen LogP contribution in [0.4, 0.5) is 0 Å². The molecule has 0 radical (unpaired) electrons. The lowest BCUT2D eigenvalue weighted by Crippen LogP contribution is -2.28. The van der Waals surface area contributed by atoms with Crippen LogP contribution in [0.1, 0.15) is 12.5 Å². The lowest BCUT2D eigenvalue weighted by molar-refractivity contribution is -0.132. The molecule has 1 N–H and O–H groups in total. The van der Waals surface area contributed by atoms with Crippen molar-refractivity contribution in [3.05, 3.63) is 23.8 Å². The first-order valence-electron chi connectivity index (χ1n) is 5.39. The van der Waals surface area contributed by atoms with Crippen molar-refractivity contribution in [1.82, 2.24) is 0 Å². The molecule has 0 saturated carbocycles. The van der Waals surface area contributed by atoms with Gasteiger partial charge in [0.1, 0.15) is 0 Å². The van der Waals surface area contributed by atoms with Gasteiger partial charge in [0, 0.05) is 6.92 Å². The summed E-state index contributed by atoms with van der Waals surface area (Å²) in [6, 6.07) is 5.97. The van der Waals surface area contributed by atoms with Crippen molar-refractivity contribution in [2.45, 2.75) is 26.1 Å². The van der Waals surface area contributed by atoms with Crippen molar-refractivity contribution in [2.75, 3.05) is 7.11 Å². The van der Waals surface area contributed by atoms with Gasteiger partial charge in [0.2, 0.25) is 0 Å². The molecular weight excluding hydrogens is 236 g/mol. The molecule has 0 fully saturated rings. The number of carbonyl (C=O) groups excluding carboxylic acids is 1. The highest BCUT2D eigenvalue weighted by Gasteiger charge is 2.18. The zero-order valence-corrected chi connectivity index (χ0v) is 11.6. The summed E-state index contributed by atoms with van der Waals surface area (Å²) < 4.78 is 10.2. The van der Waals surface area contributed by atoms with E-state index in [-0.39, 0.29) is 5.97 Å². The van der Waals surface area contributed by atoms with Crippen molar-refractivity contribution < 1.29 is 19.1 Å². The van der Waals surface area contributed by atoms with E-state index in [4.69, 9.17) is 9.47 Å². The second kappa shape index (κ2) is 5.33. The first-order valence-corrected chi connectivity index (χ1v) is 8.55. The maximum atomic E-state index is 10.9. The fourth-order valence-corrected chi connectivity index (χ4v) is 2.78. The molecule has 0 aliphatic carbocycles. The number of carbonyl (C=O) groups is 1. The molecule has 1 aromatic carbocycles. The minimum absolute atomic E-state index is 0.382. The summed E-state index contributed by atoms with van der Waals surface area (Å²) in [6.07, 6.45) is 0. The quantitative estimate of drug-likeness (QED) is 0.506. The SMILES string of the molecule is COc1cc(C[Si](C)(C)O)ccc1OC(C)=O. The van der Waals surface area contributed by atoms with Gasteiger partial charge in [-0.05, 0) is 36.8 Å². The van der Waals surface area contributed by atoms with E-state index in [1.54, 1.807) is 12.1 Å². The molecule has 0 bridgehead atoms. The van der Waals surface area contributed by atoms with Crippen LogP contribution in [0.2, 0.25) is 13.1 Å². The Morgan fingerprint density at radius 2 is 2.00 bits per heavy atom. The topological polar surface area (TPSA) is 55.8 Å². The summed E-state index contributed by atoms with van der Waals surface area (Å²) in [5.74, 6) is 0.532. The van der Waals surface area contributed by atoms with E-state index in [2.05, 4.69) is 0 Å². The number of benzene rings is 1. The third kappa shape index (κ3) is 4.58. The van der Waals surface area contributed by atoms with Gasteiger partial charge >= 0.3 is 5.97 Å². The fourth-order valence-electron chi connectivity index (χ4n) is 1.56. The molecule has 1 aromatic rings. The van der Waals surface area contributed by atoms with E-state index >= 15 is 0 Å². The standard InChI is InChI=1S/C12H18O4Si/c1-9(13)16-11-6-5-10(7-12(11)15-2)8-17(3,4)14/h5-7,14H,8H2,1-4H3. The smallest absolute Gasteiger partial charge is 0.308 e. The van der Waals surface area contributed by atoms with Gasteiger partial charge in [-0.1, -0.05) is 6.07 Å². The van der Waals surface area contributed by atoms with E-state index < -0.39 is 8.32 Å². The molecule has 0 aromatic heterocycles. The molecule has 0 amide bonds. The maximum Gasteiger partial charge on any atom is 0.308 e. The van der Waals surface area contributed by atoms with Crippen LogP contribution in [0.15, 0.2) is 18.2 Å². The summed E-state index contributed by atoms with van der Waals surface area (Å²) in [5.41, 5.74) is 0.983. The second-order valence-electron chi connectivity index (χ2n) is 4.57. The monoisotopic (exact) mass is 254 g/mol. The number of ether oxygens (including phenoxy) is 2. The van der Waals surface area contributed by atoms with Crippen LogP contribution >= 0.6 is 0 Å². The Hall–Kier alpha value is -1.33. The number of hydrogen-bond acceptors (Lipinski definition) is 4. The van der Waals surface area contributed by atoms with Gasteiger partial charge in [-0.25, -0.2) is 0 Å². The number of hydrogen-bond donors (Lipinski definition) is 1. The van der Waals surface area contributed by atoms with Gasteiger partial charge in [0.25, 0.3) is 0 Å². The van der Waals surface area contributed by atoms with E-state index in [9.17, 15) is 9.59 Å². The lowest BCUT2D eigenvalue weighted by atomic mass is 10.2. The van der Waals surface area contributed by atoms with Gasteiger partial charge in [0.05, 0.1) is 7.11 Å². The molecule has 5 heteroatoms. The zero-order chi connectivity index (χ0) is 13.1. The first-order chi connectivity index (χ1) is 7.81. The van der Waals surface area contributed by atoms with Crippen LogP contribution in [-0.2, 0) is 10.8 Å². The minimum Gasteiger partial charge on any atom is -0.493 e. The largest absolute Gasteiger partial charge is 0.493 e. The molecule has 17 heavy (non-hydrogen) atoms. The molecule has 0 heterocycles. The Kier molecular flexibility index (Phi) is 4.31. The Morgan fingerprint density at radius 3 is 2.47 bits per heavy atom. The third-order valence-electron chi connectivity index (χ3n) is 2.12. The van der Waals surface area contributed by atoms with Crippen molar-refractivity contribution >= 4 is 14.3 Å². The number of esters is 1. The van der Waals surface area contributed by atoms with Gasteiger partial charge in [0.15, 0.2) is 19.8 Å². The molecule has 0 atom stereocenters. The molecule has 0 aliphatic rings. The highest BCUT2D eigenvalue weighted by Crippen LogP contribution is 2.29. The predicted octanol–water partition coefficient (Wildman–Crippen LogP) is 1.90. The summed E-state index contributed by atoms with van der Waals surface area (Å²) in [6.45, 7) is 5.09. The van der Waals surface area contributed by atoms with Crippen LogP contribution in [0.25, 0.3) is 0 Å². The highest BCUT2D eigenvalue weighted by molar-refractivity contribution is 6.69. The average Bonchev–Trinajstić information content (AvgIpc) is 2.17. The number of rotatable bonds is 4. The highest BCUT2D eigenvalue weighted by atomic mass is 28.4. The van der Waals surface area contributed by atoms with Crippen molar-refractivity contribution in [1.29, 1.82) is 0 Å². The predicted molar refractivity (Wildman–Crippen MR) is 67.7 cm³/mol. The van der Waals surface area contributed by atoms with Crippen LogP contribution in [0.5, 0.6) is 11.5 Å². The summed E-state index contributed by atoms with van der Waals surface area (Å²) in [4.78, 5) is 20.7. The van der Waals surface area contributed by atoms with Crippen LogP contribution in [0, 0.1) is 0 Å². The van der Waals surface area contributed by atoms with Crippen LogP contribution in [-0.4, -0.2) is 26.2 Å². The Morgan fingerprint density at radius 1 is 1.35 bits per heavy atom. The normalized spacial score (nSPS) is 11.1. The summed E-state index contributed by atoms with van der Waals surface area (Å²) in [5, 5.41) is 0. The average molecular weight is 254 g/mol. The van der Waals surface area contributed by atoms with Crippen molar-refractivity contribution in [3.8, 4) is 11.5 Å². The summed E-state index contributed by atoms with van der Waals surface area (Å²) in [7, 11) is -0.625. The Labute approximate surface area is 102 Å². The van der Waals surface area contributed by atoms with Crippen molar-refractivity contribution in [3.63, 3.8) is 0 Å². The Balaban J connectivity index is 2.96. The molecule has 0 aliphatic heterocycles. The zero-order valence-electron chi connectivity index (χ0n) is 10.6. The molecule has 1 rings (SSSR count). The second-order valence-corrected chi connectivity index (χ2v) is 8.55. The molecule has 0 spiro atoms. The summed E-state index contributed by atoms with van der Waals surface area (Å²) >= 11 is 0.